The number of rotatable bonds is 7. The van der Waals surface area contributed by atoms with Crippen LogP contribution in [0.15, 0.2) is 42.5 Å². The van der Waals surface area contributed by atoms with Crippen molar-refractivity contribution in [1.29, 1.82) is 0 Å². The molecule has 1 N–H and O–H groups in total. The van der Waals surface area contributed by atoms with E-state index in [-0.39, 0.29) is 36.2 Å². The molecule has 1 aliphatic heterocycles. The van der Waals surface area contributed by atoms with Crippen molar-refractivity contribution >= 4 is 23.2 Å². The predicted octanol–water partition coefficient (Wildman–Crippen LogP) is 3.70. The minimum atomic E-state index is -0.786. The summed E-state index contributed by atoms with van der Waals surface area (Å²) in [7, 11) is 0. The molecule has 2 amide bonds. The zero-order chi connectivity index (χ0) is 25.8. The van der Waals surface area contributed by atoms with E-state index >= 15 is 0 Å². The van der Waals surface area contributed by atoms with E-state index in [9.17, 15) is 18.4 Å². The van der Waals surface area contributed by atoms with Gasteiger partial charge in [0.25, 0.3) is 5.91 Å². The molecule has 36 heavy (non-hydrogen) atoms. The van der Waals surface area contributed by atoms with Crippen molar-refractivity contribution in [3.8, 4) is 5.69 Å². The monoisotopic (exact) mass is 497 g/mol. The molecule has 0 radical (unpaired) electrons. The summed E-state index contributed by atoms with van der Waals surface area (Å²) in [6, 6.07) is 10.7. The molecule has 1 aliphatic rings. The number of ether oxygens (including phenoxy) is 1. The minimum Gasteiger partial charge on any atom is -0.378 e. The van der Waals surface area contributed by atoms with Crippen LogP contribution in [0.1, 0.15) is 28.7 Å². The number of benzene rings is 2. The third-order valence-corrected chi connectivity index (χ3v) is 6.17. The van der Waals surface area contributed by atoms with Crippen LogP contribution in [0.2, 0.25) is 0 Å². The number of amides is 2. The summed E-state index contributed by atoms with van der Waals surface area (Å²) in [5.41, 5.74) is 2.80. The van der Waals surface area contributed by atoms with Crippen LogP contribution >= 0.6 is 0 Å². The molecule has 190 valence electrons. The molecule has 2 aromatic carbocycles. The van der Waals surface area contributed by atoms with Crippen LogP contribution in [0.25, 0.3) is 5.69 Å². The number of halogens is 2. The maximum atomic E-state index is 14.3. The van der Waals surface area contributed by atoms with Gasteiger partial charge in [0.05, 0.1) is 30.2 Å². The van der Waals surface area contributed by atoms with Gasteiger partial charge < -0.3 is 19.9 Å². The molecule has 1 saturated heterocycles. The normalized spacial score (nSPS) is 13.5. The summed E-state index contributed by atoms with van der Waals surface area (Å²) in [6.45, 7) is 8.21. The molecule has 1 fully saturated rings. The van der Waals surface area contributed by atoms with Crippen LogP contribution in [0.4, 0.5) is 20.2 Å². The second kappa shape index (κ2) is 10.9. The van der Waals surface area contributed by atoms with Gasteiger partial charge in [-0.15, -0.1) is 0 Å². The summed E-state index contributed by atoms with van der Waals surface area (Å²) in [4.78, 5) is 29.7. The van der Waals surface area contributed by atoms with Gasteiger partial charge in [0, 0.05) is 37.1 Å². The van der Waals surface area contributed by atoms with Gasteiger partial charge in [-0.3, -0.25) is 9.59 Å². The maximum Gasteiger partial charge on any atom is 0.258 e. The number of nitrogens with one attached hydrogen (secondary N) is 1. The van der Waals surface area contributed by atoms with Crippen LogP contribution in [0.5, 0.6) is 0 Å². The fraction of sp³-hybridized carbons (Fsp3) is 0.346. The number of anilines is 2. The van der Waals surface area contributed by atoms with E-state index in [1.54, 1.807) is 20.8 Å². The standard InChI is InChI=1S/C26H29F2N5O3/c1-4-31(16-24(34)29-20-6-8-21(9-7-20)32-11-13-36-14-12-32)26(35)25-17(2)30-33(18(25)3)23-10-5-19(27)15-22(23)28/h5-10,15H,4,11-14,16H2,1-3H3,(H,29,34). The average molecular weight is 498 g/mol. The quantitative estimate of drug-likeness (QED) is 0.539. The first-order valence-corrected chi connectivity index (χ1v) is 11.8. The SMILES string of the molecule is CCN(CC(=O)Nc1ccc(N2CCOCC2)cc1)C(=O)c1c(C)nn(-c2ccc(F)cc2F)c1C. The van der Waals surface area contributed by atoms with Gasteiger partial charge in [-0.25, -0.2) is 13.5 Å². The third-order valence-electron chi connectivity index (χ3n) is 6.17. The van der Waals surface area contributed by atoms with Crippen molar-refractivity contribution in [3.63, 3.8) is 0 Å². The van der Waals surface area contributed by atoms with Gasteiger partial charge in [0.15, 0.2) is 5.82 Å². The molecule has 0 unspecified atom stereocenters. The Morgan fingerprint density at radius 1 is 1.08 bits per heavy atom. The number of hydrogen-bond acceptors (Lipinski definition) is 5. The van der Waals surface area contributed by atoms with Gasteiger partial charge in [-0.05, 0) is 57.2 Å². The predicted molar refractivity (Wildman–Crippen MR) is 133 cm³/mol. The highest BCUT2D eigenvalue weighted by molar-refractivity contribution is 6.00. The van der Waals surface area contributed by atoms with E-state index in [1.807, 2.05) is 24.3 Å². The molecule has 2 heterocycles. The van der Waals surface area contributed by atoms with Crippen LogP contribution in [-0.4, -0.2) is 65.9 Å². The molecule has 4 rings (SSSR count). The smallest absolute Gasteiger partial charge is 0.258 e. The fourth-order valence-electron chi connectivity index (χ4n) is 4.28. The molecule has 0 bridgehead atoms. The molecule has 1 aromatic heterocycles. The Balaban J connectivity index is 1.45. The zero-order valence-corrected chi connectivity index (χ0v) is 20.6. The Kier molecular flexibility index (Phi) is 7.64. The highest BCUT2D eigenvalue weighted by atomic mass is 19.1. The van der Waals surface area contributed by atoms with Gasteiger partial charge in [-0.1, -0.05) is 0 Å². The third kappa shape index (κ3) is 5.38. The van der Waals surface area contributed by atoms with Crippen molar-refractivity contribution in [2.75, 3.05) is 49.6 Å². The van der Waals surface area contributed by atoms with E-state index < -0.39 is 11.6 Å². The van der Waals surface area contributed by atoms with E-state index in [1.165, 1.54) is 15.6 Å². The first-order chi connectivity index (χ1) is 17.3. The fourth-order valence-corrected chi connectivity index (χ4v) is 4.28. The lowest BCUT2D eigenvalue weighted by Gasteiger charge is -2.29. The number of likely N-dealkylation sites (N-methyl/N-ethyl adjacent to an activating group) is 1. The molecular formula is C26H29F2N5O3. The van der Waals surface area contributed by atoms with E-state index in [4.69, 9.17) is 4.74 Å². The van der Waals surface area contributed by atoms with E-state index in [2.05, 4.69) is 15.3 Å². The molecule has 0 saturated carbocycles. The molecule has 8 nitrogen and oxygen atoms in total. The number of morpholine rings is 1. The molecule has 10 heteroatoms. The average Bonchev–Trinajstić information content (AvgIpc) is 3.16. The first-order valence-electron chi connectivity index (χ1n) is 11.8. The Morgan fingerprint density at radius 2 is 1.78 bits per heavy atom. The van der Waals surface area contributed by atoms with Crippen LogP contribution < -0.4 is 10.2 Å². The van der Waals surface area contributed by atoms with Crippen LogP contribution in [0.3, 0.4) is 0 Å². The van der Waals surface area contributed by atoms with E-state index in [0.29, 0.717) is 30.3 Å². The number of carbonyl (C=O) groups is 2. The number of aromatic nitrogens is 2. The highest BCUT2D eigenvalue weighted by Gasteiger charge is 2.26. The minimum absolute atomic E-state index is 0.0392. The topological polar surface area (TPSA) is 79.7 Å². The summed E-state index contributed by atoms with van der Waals surface area (Å²) < 4.78 is 34.3. The molecule has 0 aliphatic carbocycles. The Labute approximate surface area is 208 Å². The van der Waals surface area contributed by atoms with Crippen LogP contribution in [-0.2, 0) is 9.53 Å². The lowest BCUT2D eigenvalue weighted by Crippen LogP contribution is -2.38. The number of nitrogens with zero attached hydrogens (tertiary/aromatic N) is 4. The van der Waals surface area contributed by atoms with E-state index in [0.717, 1.165) is 30.9 Å². The lowest BCUT2D eigenvalue weighted by molar-refractivity contribution is -0.116. The second-order valence-electron chi connectivity index (χ2n) is 8.57. The van der Waals surface area contributed by atoms with Crippen molar-refractivity contribution in [2.45, 2.75) is 20.8 Å². The summed E-state index contributed by atoms with van der Waals surface area (Å²) >= 11 is 0. The van der Waals surface area contributed by atoms with Crippen molar-refractivity contribution < 1.29 is 23.1 Å². The Bertz CT molecular complexity index is 1250. The molecular weight excluding hydrogens is 468 g/mol. The Hall–Kier alpha value is -3.79. The van der Waals surface area contributed by atoms with Crippen molar-refractivity contribution in [3.05, 3.63) is 71.1 Å². The summed E-state index contributed by atoms with van der Waals surface area (Å²) in [6.07, 6.45) is 0. The summed E-state index contributed by atoms with van der Waals surface area (Å²) in [5, 5.41) is 7.13. The zero-order valence-electron chi connectivity index (χ0n) is 20.6. The molecule has 3 aromatic rings. The summed E-state index contributed by atoms with van der Waals surface area (Å²) in [5.74, 6) is -2.21. The molecule has 0 atom stereocenters. The second-order valence-corrected chi connectivity index (χ2v) is 8.57. The van der Waals surface area contributed by atoms with Gasteiger partial charge in [0.1, 0.15) is 18.0 Å². The number of carbonyl (C=O) groups excluding carboxylic acids is 2. The highest BCUT2D eigenvalue weighted by Crippen LogP contribution is 2.23. The maximum absolute atomic E-state index is 14.3. The van der Waals surface area contributed by atoms with Crippen LogP contribution in [0, 0.1) is 25.5 Å². The number of aryl methyl sites for hydroxylation is 1. The van der Waals surface area contributed by atoms with Crippen molar-refractivity contribution in [1.82, 2.24) is 14.7 Å². The van der Waals surface area contributed by atoms with Gasteiger partial charge in [0.2, 0.25) is 5.91 Å². The number of hydrogen-bond donors (Lipinski definition) is 1. The molecule has 0 spiro atoms. The van der Waals surface area contributed by atoms with Crippen molar-refractivity contribution in [2.24, 2.45) is 0 Å². The Morgan fingerprint density at radius 3 is 2.42 bits per heavy atom. The lowest BCUT2D eigenvalue weighted by atomic mass is 10.1. The first kappa shape index (κ1) is 25.3. The largest absolute Gasteiger partial charge is 0.378 e. The van der Waals surface area contributed by atoms with Gasteiger partial charge >= 0.3 is 0 Å². The van der Waals surface area contributed by atoms with Gasteiger partial charge in [-0.2, -0.15) is 5.10 Å².